The first-order valence-corrected chi connectivity index (χ1v) is 7.21. The van der Waals surface area contributed by atoms with Crippen LogP contribution < -0.4 is 5.32 Å². The van der Waals surface area contributed by atoms with Gasteiger partial charge in [-0.2, -0.15) is 0 Å². The Labute approximate surface area is 126 Å². The fourth-order valence-electron chi connectivity index (χ4n) is 2.62. The van der Waals surface area contributed by atoms with Crippen molar-refractivity contribution in [3.8, 4) is 11.1 Å². The first-order chi connectivity index (χ1) is 10.2. The lowest BCUT2D eigenvalue weighted by molar-refractivity contribution is 1.37. The Bertz CT molecular complexity index is 725. The molecule has 1 N–H and O–H groups in total. The van der Waals surface area contributed by atoms with Crippen molar-refractivity contribution in [1.82, 2.24) is 0 Å². The number of nitrogens with one attached hydrogen (secondary N) is 1. The molecule has 0 spiro atoms. The topological polar surface area (TPSA) is 12.0 Å². The average molecular weight is 273 g/mol. The van der Waals surface area contributed by atoms with Crippen molar-refractivity contribution in [3.63, 3.8) is 0 Å². The summed E-state index contributed by atoms with van der Waals surface area (Å²) in [4.78, 5) is 0. The summed E-state index contributed by atoms with van der Waals surface area (Å²) in [5, 5.41) is 3.50. The van der Waals surface area contributed by atoms with E-state index in [2.05, 4.69) is 85.9 Å². The summed E-state index contributed by atoms with van der Waals surface area (Å²) >= 11 is 0. The Balaban J connectivity index is 1.90. The second-order valence-electron chi connectivity index (χ2n) is 5.45. The molecule has 0 fully saturated rings. The maximum atomic E-state index is 3.50. The van der Waals surface area contributed by atoms with E-state index in [1.807, 2.05) is 6.07 Å². The maximum absolute atomic E-state index is 3.50. The van der Waals surface area contributed by atoms with Gasteiger partial charge in [-0.25, -0.2) is 0 Å². The van der Waals surface area contributed by atoms with E-state index in [1.165, 1.54) is 22.3 Å². The summed E-state index contributed by atoms with van der Waals surface area (Å²) in [5.41, 5.74) is 7.26. The minimum absolute atomic E-state index is 1.11. The molecule has 0 unspecified atom stereocenters. The number of hydrogen-bond donors (Lipinski definition) is 1. The molecule has 1 nitrogen and oxygen atoms in total. The minimum Gasteiger partial charge on any atom is -0.355 e. The number of hydrogen-bond acceptors (Lipinski definition) is 1. The Morgan fingerprint density at radius 3 is 1.95 bits per heavy atom. The van der Waals surface area contributed by atoms with Gasteiger partial charge in [-0.05, 0) is 60.4 Å². The van der Waals surface area contributed by atoms with Gasteiger partial charge in [0, 0.05) is 11.4 Å². The molecule has 0 radical (unpaired) electrons. The smallest absolute Gasteiger partial charge is 0.0390 e. The summed E-state index contributed by atoms with van der Waals surface area (Å²) < 4.78 is 0. The van der Waals surface area contributed by atoms with Crippen LogP contribution in [0.3, 0.4) is 0 Å². The fraction of sp³-hybridized carbons (Fsp3) is 0.100. The van der Waals surface area contributed by atoms with Gasteiger partial charge in [-0.1, -0.05) is 48.5 Å². The quantitative estimate of drug-likeness (QED) is 0.644. The van der Waals surface area contributed by atoms with Crippen LogP contribution in [0.5, 0.6) is 0 Å². The number of rotatable bonds is 3. The van der Waals surface area contributed by atoms with Gasteiger partial charge in [-0.3, -0.25) is 0 Å². The zero-order chi connectivity index (χ0) is 14.7. The molecule has 3 rings (SSSR count). The predicted octanol–water partition coefficient (Wildman–Crippen LogP) is 5.71. The Kier molecular flexibility index (Phi) is 3.74. The van der Waals surface area contributed by atoms with Crippen molar-refractivity contribution in [2.75, 3.05) is 5.32 Å². The second kappa shape index (κ2) is 5.84. The van der Waals surface area contributed by atoms with Gasteiger partial charge < -0.3 is 5.32 Å². The highest BCUT2D eigenvalue weighted by Crippen LogP contribution is 2.25. The summed E-state index contributed by atoms with van der Waals surface area (Å²) in [7, 11) is 0. The van der Waals surface area contributed by atoms with Crippen molar-refractivity contribution in [2.45, 2.75) is 13.8 Å². The summed E-state index contributed by atoms with van der Waals surface area (Å²) in [6.07, 6.45) is 0. The molecule has 21 heavy (non-hydrogen) atoms. The summed E-state index contributed by atoms with van der Waals surface area (Å²) in [6.45, 7) is 4.25. The van der Waals surface area contributed by atoms with E-state index in [0.717, 1.165) is 11.4 Å². The molecule has 0 atom stereocenters. The monoisotopic (exact) mass is 273 g/mol. The van der Waals surface area contributed by atoms with E-state index < -0.39 is 0 Å². The molecule has 0 amide bonds. The third kappa shape index (κ3) is 3.32. The van der Waals surface area contributed by atoms with Crippen molar-refractivity contribution in [2.24, 2.45) is 0 Å². The molecule has 0 saturated carbocycles. The molecule has 3 aromatic carbocycles. The predicted molar refractivity (Wildman–Crippen MR) is 91.1 cm³/mol. The van der Waals surface area contributed by atoms with Gasteiger partial charge in [0.1, 0.15) is 0 Å². The first kappa shape index (κ1) is 13.4. The van der Waals surface area contributed by atoms with Crippen LogP contribution in [-0.4, -0.2) is 0 Å². The zero-order valence-electron chi connectivity index (χ0n) is 12.4. The van der Waals surface area contributed by atoms with E-state index in [1.54, 1.807) is 0 Å². The summed E-state index contributed by atoms with van der Waals surface area (Å²) in [5.74, 6) is 0. The van der Waals surface area contributed by atoms with Crippen LogP contribution in [0.4, 0.5) is 11.4 Å². The Morgan fingerprint density at radius 2 is 1.24 bits per heavy atom. The maximum Gasteiger partial charge on any atom is 0.0390 e. The fourth-order valence-corrected chi connectivity index (χ4v) is 2.62. The van der Waals surface area contributed by atoms with Gasteiger partial charge in [0.05, 0.1) is 0 Å². The average Bonchev–Trinajstić information content (AvgIpc) is 2.47. The molecule has 104 valence electrons. The molecular formula is C20H19N. The van der Waals surface area contributed by atoms with Crippen LogP contribution in [-0.2, 0) is 0 Å². The van der Waals surface area contributed by atoms with Crippen molar-refractivity contribution >= 4 is 11.4 Å². The van der Waals surface area contributed by atoms with E-state index in [0.29, 0.717) is 0 Å². The number of anilines is 2. The van der Waals surface area contributed by atoms with Crippen LogP contribution >= 0.6 is 0 Å². The lowest BCUT2D eigenvalue weighted by Gasteiger charge is -2.10. The number of benzene rings is 3. The van der Waals surface area contributed by atoms with E-state index >= 15 is 0 Å². The molecule has 0 saturated heterocycles. The van der Waals surface area contributed by atoms with Crippen molar-refractivity contribution in [3.05, 3.63) is 83.9 Å². The standard InChI is InChI=1S/C20H19N/c1-15-11-16(2)13-20(12-15)21-19-10-6-9-18(14-19)17-7-4-3-5-8-17/h3-14,21H,1-2H3. The highest BCUT2D eigenvalue weighted by Gasteiger charge is 2.00. The molecule has 0 aliphatic heterocycles. The zero-order valence-corrected chi connectivity index (χ0v) is 12.4. The molecule has 3 aromatic rings. The van der Waals surface area contributed by atoms with Crippen LogP contribution in [0, 0.1) is 13.8 Å². The molecule has 1 heteroatoms. The molecule has 0 heterocycles. The van der Waals surface area contributed by atoms with Crippen LogP contribution in [0.15, 0.2) is 72.8 Å². The van der Waals surface area contributed by atoms with E-state index in [-0.39, 0.29) is 0 Å². The van der Waals surface area contributed by atoms with Gasteiger partial charge in [0.25, 0.3) is 0 Å². The van der Waals surface area contributed by atoms with E-state index in [9.17, 15) is 0 Å². The van der Waals surface area contributed by atoms with E-state index in [4.69, 9.17) is 0 Å². The third-order valence-corrected chi connectivity index (χ3v) is 3.48. The van der Waals surface area contributed by atoms with Crippen LogP contribution in [0.2, 0.25) is 0 Å². The van der Waals surface area contributed by atoms with Gasteiger partial charge in [0.15, 0.2) is 0 Å². The Hall–Kier alpha value is -2.54. The lowest BCUT2D eigenvalue weighted by atomic mass is 10.1. The van der Waals surface area contributed by atoms with Crippen molar-refractivity contribution in [1.29, 1.82) is 0 Å². The molecule has 0 aromatic heterocycles. The molecule has 0 bridgehead atoms. The molecule has 0 aliphatic carbocycles. The highest BCUT2D eigenvalue weighted by molar-refractivity contribution is 5.71. The SMILES string of the molecule is Cc1cc(C)cc(Nc2cccc(-c3ccccc3)c2)c1. The molecular weight excluding hydrogens is 254 g/mol. The highest BCUT2D eigenvalue weighted by atomic mass is 14.9. The minimum atomic E-state index is 1.11. The third-order valence-electron chi connectivity index (χ3n) is 3.48. The summed E-state index contributed by atoms with van der Waals surface area (Å²) in [6, 6.07) is 25.5. The second-order valence-corrected chi connectivity index (χ2v) is 5.45. The van der Waals surface area contributed by atoms with Gasteiger partial charge in [-0.15, -0.1) is 0 Å². The Morgan fingerprint density at radius 1 is 0.571 bits per heavy atom. The lowest BCUT2D eigenvalue weighted by Crippen LogP contribution is -1.92. The van der Waals surface area contributed by atoms with Crippen LogP contribution in [0.1, 0.15) is 11.1 Å². The number of aryl methyl sites for hydroxylation is 2. The van der Waals surface area contributed by atoms with Gasteiger partial charge >= 0.3 is 0 Å². The molecule has 0 aliphatic rings. The van der Waals surface area contributed by atoms with Crippen LogP contribution in [0.25, 0.3) is 11.1 Å². The first-order valence-electron chi connectivity index (χ1n) is 7.21. The largest absolute Gasteiger partial charge is 0.355 e. The van der Waals surface area contributed by atoms with Crippen molar-refractivity contribution < 1.29 is 0 Å². The normalized spacial score (nSPS) is 10.4. The van der Waals surface area contributed by atoms with Gasteiger partial charge in [0.2, 0.25) is 0 Å².